The molecule has 8 nitrogen and oxygen atoms in total. The van der Waals surface area contributed by atoms with Crippen molar-refractivity contribution in [1.82, 2.24) is 9.80 Å². The monoisotopic (exact) mass is 522 g/mol. The highest BCUT2D eigenvalue weighted by atomic mass is 16.5. The van der Waals surface area contributed by atoms with E-state index in [1.807, 2.05) is 6.07 Å². The number of phenols is 1. The number of esters is 1. The summed E-state index contributed by atoms with van der Waals surface area (Å²) in [5.41, 5.74) is 1.36. The van der Waals surface area contributed by atoms with E-state index in [0.29, 0.717) is 38.3 Å². The van der Waals surface area contributed by atoms with Crippen LogP contribution >= 0.6 is 0 Å². The molecule has 0 radical (unpaired) electrons. The topological polar surface area (TPSA) is 99.5 Å². The lowest BCUT2D eigenvalue weighted by Crippen LogP contribution is -2.75. The van der Waals surface area contributed by atoms with E-state index in [-0.39, 0.29) is 29.6 Å². The Kier molecular flexibility index (Phi) is 5.61. The van der Waals surface area contributed by atoms with Crippen LogP contribution in [0.15, 0.2) is 23.8 Å². The van der Waals surface area contributed by atoms with Gasteiger partial charge in [-0.25, -0.2) is 0 Å². The number of hydrogen-bond acceptors (Lipinski definition) is 7. The Hall–Kier alpha value is -2.58. The van der Waals surface area contributed by atoms with Gasteiger partial charge in [0.25, 0.3) is 0 Å². The average Bonchev–Trinajstić information content (AvgIpc) is 3.65. The first-order chi connectivity index (χ1) is 18.4. The fourth-order valence-electron chi connectivity index (χ4n) is 8.36. The van der Waals surface area contributed by atoms with Gasteiger partial charge in [0.15, 0.2) is 11.5 Å². The maximum Gasteiger partial charge on any atom is 0.310 e. The molecular formula is C30H38N2O6. The largest absolute Gasteiger partial charge is 0.504 e. The van der Waals surface area contributed by atoms with E-state index in [2.05, 4.69) is 4.90 Å². The molecule has 7 rings (SSSR count). The number of ether oxygens (including phenoxy) is 2. The number of hydrogen-bond donors (Lipinski definition) is 2. The molecular weight excluding hydrogens is 484 g/mol. The van der Waals surface area contributed by atoms with E-state index in [1.165, 1.54) is 12.8 Å². The van der Waals surface area contributed by atoms with E-state index in [1.54, 1.807) is 24.0 Å². The number of benzene rings is 1. The molecule has 4 fully saturated rings. The van der Waals surface area contributed by atoms with Crippen molar-refractivity contribution >= 4 is 11.9 Å². The number of carbonyl (C=O) groups excluding carboxylic acids is 2. The molecule has 1 spiro atoms. The van der Waals surface area contributed by atoms with E-state index in [4.69, 9.17) is 9.47 Å². The third kappa shape index (κ3) is 3.41. The number of phenolic OH excluding ortho intramolecular Hbond substituents is 1. The molecule has 0 aromatic heterocycles. The molecule has 1 aromatic carbocycles. The maximum absolute atomic E-state index is 13.5. The first-order valence-electron chi connectivity index (χ1n) is 14.5. The van der Waals surface area contributed by atoms with Crippen molar-refractivity contribution in [2.45, 2.75) is 81.5 Å². The lowest BCUT2D eigenvalue weighted by Gasteiger charge is -2.63. The highest BCUT2D eigenvalue weighted by Crippen LogP contribution is 2.66. The zero-order chi connectivity index (χ0) is 26.2. The van der Waals surface area contributed by atoms with Crippen LogP contribution in [0.4, 0.5) is 0 Å². The molecule has 204 valence electrons. The van der Waals surface area contributed by atoms with Gasteiger partial charge in [0, 0.05) is 37.3 Å². The highest BCUT2D eigenvalue weighted by Gasteiger charge is 2.72. The Labute approximate surface area is 223 Å². The van der Waals surface area contributed by atoms with Crippen LogP contribution in [0.5, 0.6) is 11.5 Å². The van der Waals surface area contributed by atoms with E-state index < -0.39 is 17.1 Å². The lowest BCUT2D eigenvalue weighted by atomic mass is 9.48. The van der Waals surface area contributed by atoms with Gasteiger partial charge >= 0.3 is 5.97 Å². The Balaban J connectivity index is 1.23. The van der Waals surface area contributed by atoms with Gasteiger partial charge in [0.2, 0.25) is 5.91 Å². The first kappa shape index (κ1) is 24.5. The second kappa shape index (κ2) is 8.71. The normalized spacial score (nSPS) is 36.5. The molecule has 2 bridgehead atoms. The predicted molar refractivity (Wildman–Crippen MR) is 139 cm³/mol. The molecule has 3 heterocycles. The van der Waals surface area contributed by atoms with E-state index >= 15 is 0 Å². The van der Waals surface area contributed by atoms with Gasteiger partial charge in [-0.3, -0.25) is 14.5 Å². The smallest absolute Gasteiger partial charge is 0.310 e. The summed E-state index contributed by atoms with van der Waals surface area (Å²) in [6, 6.07) is 3.72. The summed E-state index contributed by atoms with van der Waals surface area (Å²) in [5.74, 6) is 0.692. The van der Waals surface area contributed by atoms with Crippen molar-refractivity contribution in [2.24, 2.45) is 11.8 Å². The second-order valence-corrected chi connectivity index (χ2v) is 12.3. The molecule has 1 amide bonds. The zero-order valence-corrected chi connectivity index (χ0v) is 22.2. The van der Waals surface area contributed by atoms with Gasteiger partial charge in [-0.1, -0.05) is 6.07 Å². The molecule has 3 aliphatic carbocycles. The minimum Gasteiger partial charge on any atom is -0.504 e. The summed E-state index contributed by atoms with van der Waals surface area (Å²) < 4.78 is 11.8. The Morgan fingerprint density at radius 2 is 2.05 bits per heavy atom. The number of piperidine rings is 2. The molecule has 5 atom stereocenters. The van der Waals surface area contributed by atoms with Gasteiger partial charge in [-0.15, -0.1) is 0 Å². The van der Waals surface area contributed by atoms with E-state index in [0.717, 1.165) is 61.4 Å². The van der Waals surface area contributed by atoms with Gasteiger partial charge in [-0.2, -0.15) is 0 Å². The summed E-state index contributed by atoms with van der Waals surface area (Å²) in [6.45, 7) is 5.03. The maximum atomic E-state index is 13.5. The van der Waals surface area contributed by atoms with Crippen LogP contribution in [0.1, 0.15) is 63.0 Å². The molecule has 1 unspecified atom stereocenters. The van der Waals surface area contributed by atoms with Crippen LogP contribution < -0.4 is 4.74 Å². The average molecular weight is 523 g/mol. The van der Waals surface area contributed by atoms with E-state index in [9.17, 15) is 19.8 Å². The SMILES string of the molecule is CCOC(=O)C1CCCN(C(=O)/C=C2\CC[C@@]3(O)[C@H]4Cc5ccc(O)c6c5[C@@]3(CCN4CC3CC3)[C@H]2O6)C1. The van der Waals surface area contributed by atoms with Crippen molar-refractivity contribution in [1.29, 1.82) is 0 Å². The molecule has 6 aliphatic rings. The minimum absolute atomic E-state index is 0.00984. The quantitative estimate of drug-likeness (QED) is 0.453. The number of rotatable bonds is 5. The first-order valence-corrected chi connectivity index (χ1v) is 14.5. The number of amides is 1. The number of nitrogens with zero attached hydrogens (tertiary/aromatic N) is 2. The number of aromatic hydroxyl groups is 1. The summed E-state index contributed by atoms with van der Waals surface area (Å²) in [5, 5.41) is 23.4. The number of likely N-dealkylation sites (tertiary alicyclic amines) is 2. The lowest BCUT2D eigenvalue weighted by molar-refractivity contribution is -0.174. The van der Waals surface area contributed by atoms with Crippen molar-refractivity contribution < 1.29 is 29.3 Å². The predicted octanol–water partition coefficient (Wildman–Crippen LogP) is 2.68. The van der Waals surface area contributed by atoms with Gasteiger partial charge < -0.3 is 24.6 Å². The second-order valence-electron chi connectivity index (χ2n) is 12.3. The molecule has 3 aliphatic heterocycles. The summed E-state index contributed by atoms with van der Waals surface area (Å²) in [7, 11) is 0. The third-order valence-electron chi connectivity index (χ3n) is 10.3. The third-order valence-corrected chi connectivity index (χ3v) is 10.3. The Bertz CT molecular complexity index is 1210. The standard InChI is InChI=1S/C30H38N2O6/c1-2-37-28(35)21-4-3-12-32(17-21)24(34)15-20-9-10-30(36)23-14-19-7-8-22(33)26-25(19)29(30,27(20)38-26)11-13-31(23)16-18-5-6-18/h7-8,15,18,21,23,27,33,36H,2-6,9-14,16-17H2,1H3/b20-15+/t21?,23-,27+,29+,30-/m1/s1. The molecule has 2 saturated heterocycles. The Morgan fingerprint density at radius 3 is 2.84 bits per heavy atom. The molecule has 8 heteroatoms. The van der Waals surface area contributed by atoms with Crippen LogP contribution in [0.25, 0.3) is 0 Å². The number of carbonyl (C=O) groups is 2. The summed E-state index contributed by atoms with van der Waals surface area (Å²) >= 11 is 0. The fraction of sp³-hybridized carbons (Fsp3) is 0.667. The minimum atomic E-state index is -0.975. The number of aliphatic hydroxyl groups is 1. The van der Waals surface area contributed by atoms with Crippen molar-refractivity contribution in [3.05, 3.63) is 34.9 Å². The van der Waals surface area contributed by atoms with Crippen LogP contribution in [-0.2, 0) is 26.2 Å². The fourth-order valence-corrected chi connectivity index (χ4v) is 8.36. The van der Waals surface area contributed by atoms with Gasteiger partial charge in [0.05, 0.1) is 23.5 Å². The van der Waals surface area contributed by atoms with Crippen LogP contribution in [0.2, 0.25) is 0 Å². The van der Waals surface area contributed by atoms with Crippen LogP contribution in [0.3, 0.4) is 0 Å². The molecule has 2 N–H and O–H groups in total. The highest BCUT2D eigenvalue weighted by molar-refractivity contribution is 5.89. The molecule has 38 heavy (non-hydrogen) atoms. The van der Waals surface area contributed by atoms with Crippen molar-refractivity contribution in [3.63, 3.8) is 0 Å². The summed E-state index contributed by atoms with van der Waals surface area (Å²) in [4.78, 5) is 30.1. The van der Waals surface area contributed by atoms with Crippen LogP contribution in [0, 0.1) is 11.8 Å². The van der Waals surface area contributed by atoms with Crippen molar-refractivity contribution in [3.8, 4) is 11.5 Å². The van der Waals surface area contributed by atoms with Gasteiger partial charge in [0.1, 0.15) is 6.10 Å². The molecule has 1 aromatic rings. The molecule has 2 saturated carbocycles. The summed E-state index contributed by atoms with van der Waals surface area (Å²) in [6.07, 6.45) is 7.90. The van der Waals surface area contributed by atoms with Crippen molar-refractivity contribution in [2.75, 3.05) is 32.8 Å². The van der Waals surface area contributed by atoms with Gasteiger partial charge in [-0.05, 0) is 88.0 Å². The van der Waals surface area contributed by atoms with Crippen LogP contribution in [-0.4, -0.2) is 82.4 Å². The Morgan fingerprint density at radius 1 is 1.21 bits per heavy atom. The zero-order valence-electron chi connectivity index (χ0n) is 22.2.